The van der Waals surface area contributed by atoms with Crippen molar-refractivity contribution in [1.82, 2.24) is 4.90 Å². The molecule has 24 heavy (non-hydrogen) atoms. The van der Waals surface area contributed by atoms with E-state index in [1.165, 1.54) is 0 Å². The van der Waals surface area contributed by atoms with Crippen LogP contribution in [0.25, 0.3) is 0 Å². The minimum atomic E-state index is -1.36. The van der Waals surface area contributed by atoms with Crippen molar-refractivity contribution in [2.45, 2.75) is 30.5 Å². The largest absolute Gasteiger partial charge is 0.389 e. The van der Waals surface area contributed by atoms with Crippen LogP contribution >= 0.6 is 0 Å². The van der Waals surface area contributed by atoms with Crippen molar-refractivity contribution in [2.24, 2.45) is 0 Å². The summed E-state index contributed by atoms with van der Waals surface area (Å²) in [7, 11) is 0. The molecule has 0 aliphatic carbocycles. The Morgan fingerprint density at radius 2 is 1.04 bits per heavy atom. The number of nitrogens with zero attached hydrogens (tertiary/aromatic N) is 1. The third kappa shape index (κ3) is 3.50. The van der Waals surface area contributed by atoms with E-state index in [9.17, 15) is 20.4 Å². The summed E-state index contributed by atoms with van der Waals surface area (Å²) in [6.07, 6.45) is -4.99. The smallest absolute Gasteiger partial charge is 0.110 e. The Bertz CT molecular complexity index is 581. The first-order chi connectivity index (χ1) is 11.6. The third-order valence-corrected chi connectivity index (χ3v) is 4.58. The van der Waals surface area contributed by atoms with Gasteiger partial charge in [-0.25, -0.2) is 0 Å². The second-order valence-electron chi connectivity index (χ2n) is 6.29. The van der Waals surface area contributed by atoms with Crippen LogP contribution in [0.2, 0.25) is 0 Å². The van der Waals surface area contributed by atoms with E-state index in [-0.39, 0.29) is 19.1 Å². The molecule has 4 N–H and O–H groups in total. The van der Waals surface area contributed by atoms with Crippen molar-refractivity contribution in [1.29, 1.82) is 0 Å². The SMILES string of the molecule is O[C@@H]1[C@@H](O)[C@@H](O)CN(C(c2ccccc2)c2ccccc2)C[C@@H]1O. The molecular weight excluding hydrogens is 306 g/mol. The van der Waals surface area contributed by atoms with Crippen molar-refractivity contribution < 1.29 is 20.4 Å². The number of aliphatic hydroxyl groups is 4. The maximum Gasteiger partial charge on any atom is 0.110 e. The maximum atomic E-state index is 10.2. The molecule has 0 saturated carbocycles. The molecule has 1 aliphatic heterocycles. The lowest BCUT2D eigenvalue weighted by molar-refractivity contribution is -0.0894. The predicted molar refractivity (Wildman–Crippen MR) is 90.3 cm³/mol. The summed E-state index contributed by atoms with van der Waals surface area (Å²) in [6.45, 7) is 0.313. The number of aliphatic hydroxyl groups excluding tert-OH is 4. The van der Waals surface area contributed by atoms with Gasteiger partial charge in [-0.05, 0) is 11.1 Å². The first-order valence-corrected chi connectivity index (χ1v) is 8.14. The molecule has 0 amide bonds. The van der Waals surface area contributed by atoms with E-state index >= 15 is 0 Å². The molecule has 0 unspecified atom stereocenters. The van der Waals surface area contributed by atoms with Gasteiger partial charge in [0.25, 0.3) is 0 Å². The highest BCUT2D eigenvalue weighted by atomic mass is 16.4. The van der Waals surface area contributed by atoms with Crippen molar-refractivity contribution in [3.05, 3.63) is 71.8 Å². The normalized spacial score (nSPS) is 28.7. The molecule has 0 spiro atoms. The van der Waals surface area contributed by atoms with Gasteiger partial charge in [0.2, 0.25) is 0 Å². The van der Waals surface area contributed by atoms with E-state index in [1.807, 2.05) is 65.6 Å². The van der Waals surface area contributed by atoms with Crippen LogP contribution in [-0.4, -0.2) is 62.8 Å². The Hall–Kier alpha value is -1.76. The standard InChI is InChI=1S/C19H23NO4/c21-15-11-20(12-16(22)19(24)18(15)23)17(13-7-3-1-4-8-13)14-9-5-2-6-10-14/h1-10,15-19,21-24H,11-12H2/t15-,16-,18-,19-/m0/s1. The summed E-state index contributed by atoms with van der Waals surface area (Å²) in [5.41, 5.74) is 2.04. The van der Waals surface area contributed by atoms with Gasteiger partial charge in [-0.15, -0.1) is 0 Å². The lowest BCUT2D eigenvalue weighted by Crippen LogP contribution is -2.43. The van der Waals surface area contributed by atoms with Gasteiger partial charge in [-0.1, -0.05) is 60.7 Å². The summed E-state index contributed by atoms with van der Waals surface area (Å²) in [5.74, 6) is 0. The van der Waals surface area contributed by atoms with Crippen LogP contribution in [0.4, 0.5) is 0 Å². The topological polar surface area (TPSA) is 84.2 Å². The molecule has 1 fully saturated rings. The Labute approximate surface area is 141 Å². The average Bonchev–Trinajstić information content (AvgIpc) is 2.70. The molecule has 5 nitrogen and oxygen atoms in total. The van der Waals surface area contributed by atoms with Crippen LogP contribution in [0.1, 0.15) is 17.2 Å². The molecule has 2 aromatic carbocycles. The van der Waals surface area contributed by atoms with Crippen molar-refractivity contribution in [3.8, 4) is 0 Å². The molecule has 1 aliphatic rings. The minimum absolute atomic E-state index is 0.156. The fourth-order valence-corrected chi connectivity index (χ4v) is 3.32. The minimum Gasteiger partial charge on any atom is -0.389 e. The van der Waals surface area contributed by atoms with Crippen LogP contribution in [0, 0.1) is 0 Å². The van der Waals surface area contributed by atoms with Gasteiger partial charge in [0, 0.05) is 13.1 Å². The summed E-state index contributed by atoms with van der Waals surface area (Å²) < 4.78 is 0. The van der Waals surface area contributed by atoms with E-state index in [1.54, 1.807) is 0 Å². The zero-order chi connectivity index (χ0) is 17.1. The number of rotatable bonds is 3. The molecule has 2 aromatic rings. The van der Waals surface area contributed by atoms with Gasteiger partial charge in [-0.2, -0.15) is 0 Å². The highest BCUT2D eigenvalue weighted by Crippen LogP contribution is 2.31. The summed E-state index contributed by atoms with van der Waals surface area (Å²) in [5, 5.41) is 40.3. The molecule has 3 rings (SSSR count). The van der Waals surface area contributed by atoms with E-state index < -0.39 is 24.4 Å². The second kappa shape index (κ2) is 7.42. The molecule has 1 saturated heterocycles. The Balaban J connectivity index is 1.99. The average molecular weight is 329 g/mol. The van der Waals surface area contributed by atoms with Crippen LogP contribution in [0.3, 0.4) is 0 Å². The molecule has 0 bridgehead atoms. The Kier molecular flexibility index (Phi) is 5.28. The van der Waals surface area contributed by atoms with Gasteiger partial charge < -0.3 is 20.4 Å². The maximum absolute atomic E-state index is 10.2. The Morgan fingerprint density at radius 1 is 0.667 bits per heavy atom. The highest BCUT2D eigenvalue weighted by molar-refractivity contribution is 5.32. The van der Waals surface area contributed by atoms with E-state index in [2.05, 4.69) is 0 Å². The van der Waals surface area contributed by atoms with Gasteiger partial charge in [0.1, 0.15) is 12.2 Å². The van der Waals surface area contributed by atoms with Crippen molar-refractivity contribution in [3.63, 3.8) is 0 Å². The van der Waals surface area contributed by atoms with E-state index in [0.717, 1.165) is 11.1 Å². The second-order valence-corrected chi connectivity index (χ2v) is 6.29. The molecule has 4 atom stereocenters. The van der Waals surface area contributed by atoms with Crippen LogP contribution in [-0.2, 0) is 0 Å². The predicted octanol–water partition coefficient (Wildman–Crippen LogP) is 0.535. The molecule has 128 valence electrons. The zero-order valence-corrected chi connectivity index (χ0v) is 13.3. The fraction of sp³-hybridized carbons (Fsp3) is 0.368. The van der Waals surface area contributed by atoms with Crippen molar-refractivity contribution >= 4 is 0 Å². The van der Waals surface area contributed by atoms with Crippen LogP contribution in [0.15, 0.2) is 60.7 Å². The molecule has 0 radical (unpaired) electrons. The number of hydrogen-bond acceptors (Lipinski definition) is 5. The van der Waals surface area contributed by atoms with E-state index in [0.29, 0.717) is 0 Å². The first-order valence-electron chi connectivity index (χ1n) is 8.14. The number of β-amino-alcohol motifs (C(OH)–C–C–N with tert-alkyl or cyclic N) is 2. The van der Waals surface area contributed by atoms with Gasteiger partial charge in [0.05, 0.1) is 18.2 Å². The number of likely N-dealkylation sites (tertiary alicyclic amines) is 1. The monoisotopic (exact) mass is 329 g/mol. The summed E-state index contributed by atoms with van der Waals surface area (Å²) >= 11 is 0. The fourth-order valence-electron chi connectivity index (χ4n) is 3.32. The first kappa shape index (κ1) is 17.1. The number of hydrogen-bond donors (Lipinski definition) is 4. The van der Waals surface area contributed by atoms with Crippen LogP contribution in [0.5, 0.6) is 0 Å². The van der Waals surface area contributed by atoms with Crippen LogP contribution < -0.4 is 0 Å². The highest BCUT2D eigenvalue weighted by Gasteiger charge is 2.38. The molecule has 0 aromatic heterocycles. The van der Waals surface area contributed by atoms with Gasteiger partial charge >= 0.3 is 0 Å². The molecule has 5 heteroatoms. The van der Waals surface area contributed by atoms with Gasteiger partial charge in [0.15, 0.2) is 0 Å². The van der Waals surface area contributed by atoms with Gasteiger partial charge in [-0.3, -0.25) is 4.90 Å². The summed E-state index contributed by atoms with van der Waals surface area (Å²) in [6, 6.07) is 19.4. The third-order valence-electron chi connectivity index (χ3n) is 4.58. The number of benzene rings is 2. The Morgan fingerprint density at radius 3 is 1.42 bits per heavy atom. The lowest BCUT2D eigenvalue weighted by Gasteiger charge is -2.33. The zero-order valence-electron chi connectivity index (χ0n) is 13.3. The lowest BCUT2D eigenvalue weighted by atomic mass is 9.96. The molecule has 1 heterocycles. The van der Waals surface area contributed by atoms with E-state index in [4.69, 9.17) is 0 Å². The molecular formula is C19H23NO4. The van der Waals surface area contributed by atoms with Crippen molar-refractivity contribution in [2.75, 3.05) is 13.1 Å². The quantitative estimate of drug-likeness (QED) is 0.660. The summed E-state index contributed by atoms with van der Waals surface area (Å²) in [4.78, 5) is 1.90.